The second-order valence-corrected chi connectivity index (χ2v) is 5.67. The molecule has 0 saturated carbocycles. The summed E-state index contributed by atoms with van der Waals surface area (Å²) >= 11 is 1.64. The minimum atomic E-state index is -0.272. The number of ketones is 1. The number of benzene rings is 1. The van der Waals surface area contributed by atoms with Gasteiger partial charge in [0.2, 0.25) is 0 Å². The molecule has 0 fully saturated rings. The molecule has 0 unspecified atom stereocenters. The van der Waals surface area contributed by atoms with Crippen LogP contribution < -0.4 is 10.6 Å². The highest BCUT2D eigenvalue weighted by Crippen LogP contribution is 2.17. The third-order valence-electron chi connectivity index (χ3n) is 3.16. The predicted molar refractivity (Wildman–Crippen MR) is 86.0 cm³/mol. The molecule has 2 N–H and O–H groups in total. The topological polar surface area (TPSA) is 58.2 Å². The van der Waals surface area contributed by atoms with E-state index in [1.807, 2.05) is 5.38 Å². The lowest BCUT2D eigenvalue weighted by atomic mass is 10.1. The van der Waals surface area contributed by atoms with Crippen LogP contribution in [-0.4, -0.2) is 11.8 Å². The van der Waals surface area contributed by atoms with E-state index >= 15 is 0 Å². The molecular formula is C16H18N2O2S. The first kappa shape index (κ1) is 15.3. The number of urea groups is 1. The van der Waals surface area contributed by atoms with E-state index in [-0.39, 0.29) is 11.8 Å². The molecule has 0 atom stereocenters. The summed E-state index contributed by atoms with van der Waals surface area (Å²) in [7, 11) is 0. The van der Waals surface area contributed by atoms with Crippen molar-refractivity contribution in [1.82, 2.24) is 5.32 Å². The van der Waals surface area contributed by atoms with Crippen LogP contribution in [0.1, 0.15) is 34.6 Å². The molecule has 0 aliphatic heterocycles. The molecule has 0 aliphatic carbocycles. The molecule has 1 aromatic heterocycles. The van der Waals surface area contributed by atoms with Gasteiger partial charge < -0.3 is 10.6 Å². The van der Waals surface area contributed by atoms with Gasteiger partial charge in [0.15, 0.2) is 5.78 Å². The van der Waals surface area contributed by atoms with Gasteiger partial charge in [-0.05, 0) is 42.5 Å². The van der Waals surface area contributed by atoms with Gasteiger partial charge in [-0.25, -0.2) is 4.79 Å². The van der Waals surface area contributed by atoms with Crippen molar-refractivity contribution >= 4 is 28.8 Å². The fourth-order valence-electron chi connectivity index (χ4n) is 1.99. The average molecular weight is 302 g/mol. The third kappa shape index (κ3) is 4.16. The van der Waals surface area contributed by atoms with Crippen LogP contribution in [0.25, 0.3) is 0 Å². The SMILES string of the molecule is CCc1ccsc1CNC(=O)Nc1cccc(C(C)=O)c1. The Kier molecular flexibility index (Phi) is 5.11. The number of carbonyl (C=O) groups is 2. The molecule has 5 heteroatoms. The lowest BCUT2D eigenvalue weighted by Gasteiger charge is -2.08. The molecule has 110 valence electrons. The second-order valence-electron chi connectivity index (χ2n) is 4.67. The molecule has 21 heavy (non-hydrogen) atoms. The Bertz CT molecular complexity index is 649. The Morgan fingerprint density at radius 1 is 1.24 bits per heavy atom. The van der Waals surface area contributed by atoms with Crippen molar-refractivity contribution in [2.24, 2.45) is 0 Å². The lowest BCUT2D eigenvalue weighted by Crippen LogP contribution is -2.28. The van der Waals surface area contributed by atoms with Gasteiger partial charge in [-0.2, -0.15) is 0 Å². The summed E-state index contributed by atoms with van der Waals surface area (Å²) in [6, 6.07) is 8.71. The highest BCUT2D eigenvalue weighted by Gasteiger charge is 2.07. The van der Waals surface area contributed by atoms with Crippen molar-refractivity contribution < 1.29 is 9.59 Å². The standard InChI is InChI=1S/C16H18N2O2S/c1-3-12-7-8-21-15(12)10-17-16(20)18-14-6-4-5-13(9-14)11(2)19/h4-9H,3,10H2,1-2H3,(H2,17,18,20). The number of hydrogen-bond acceptors (Lipinski definition) is 3. The monoisotopic (exact) mass is 302 g/mol. The number of amides is 2. The number of rotatable bonds is 5. The normalized spacial score (nSPS) is 10.2. The van der Waals surface area contributed by atoms with Crippen LogP contribution in [0.3, 0.4) is 0 Å². The van der Waals surface area contributed by atoms with E-state index in [2.05, 4.69) is 23.6 Å². The number of aryl methyl sites for hydroxylation is 1. The van der Waals surface area contributed by atoms with Gasteiger partial charge in [0, 0.05) is 16.1 Å². The summed E-state index contributed by atoms with van der Waals surface area (Å²) in [6.07, 6.45) is 0.961. The lowest BCUT2D eigenvalue weighted by molar-refractivity contribution is 0.101. The van der Waals surface area contributed by atoms with Crippen molar-refractivity contribution in [3.8, 4) is 0 Å². The van der Waals surface area contributed by atoms with E-state index in [1.54, 1.807) is 35.6 Å². The Labute approximate surface area is 128 Å². The van der Waals surface area contributed by atoms with Gasteiger partial charge in [-0.3, -0.25) is 4.79 Å². The summed E-state index contributed by atoms with van der Waals surface area (Å²) in [6.45, 7) is 4.11. The van der Waals surface area contributed by atoms with E-state index in [0.29, 0.717) is 17.8 Å². The zero-order valence-electron chi connectivity index (χ0n) is 12.1. The number of hydrogen-bond donors (Lipinski definition) is 2. The fraction of sp³-hybridized carbons (Fsp3) is 0.250. The first-order valence-electron chi connectivity index (χ1n) is 6.81. The van der Waals surface area contributed by atoms with Crippen LogP contribution >= 0.6 is 11.3 Å². The molecule has 0 spiro atoms. The van der Waals surface area contributed by atoms with Gasteiger partial charge in [0.05, 0.1) is 6.54 Å². The van der Waals surface area contributed by atoms with Crippen LogP contribution in [0, 0.1) is 0 Å². The highest BCUT2D eigenvalue weighted by molar-refractivity contribution is 7.10. The summed E-state index contributed by atoms with van der Waals surface area (Å²) in [5, 5.41) is 7.60. The molecule has 4 nitrogen and oxygen atoms in total. The molecule has 1 heterocycles. The van der Waals surface area contributed by atoms with Gasteiger partial charge >= 0.3 is 6.03 Å². The van der Waals surface area contributed by atoms with Gasteiger partial charge in [0.25, 0.3) is 0 Å². The molecule has 2 amide bonds. The smallest absolute Gasteiger partial charge is 0.319 e. The summed E-state index contributed by atoms with van der Waals surface area (Å²) in [5.74, 6) is -0.0229. The minimum absolute atomic E-state index is 0.0229. The molecular weight excluding hydrogens is 284 g/mol. The van der Waals surface area contributed by atoms with Crippen molar-refractivity contribution in [2.45, 2.75) is 26.8 Å². The molecule has 2 rings (SSSR count). The van der Waals surface area contributed by atoms with Crippen LogP contribution in [0.15, 0.2) is 35.7 Å². The van der Waals surface area contributed by atoms with Crippen molar-refractivity contribution in [2.75, 3.05) is 5.32 Å². The van der Waals surface area contributed by atoms with Gasteiger partial charge in [-0.15, -0.1) is 11.3 Å². The molecule has 1 aromatic carbocycles. The minimum Gasteiger partial charge on any atom is -0.333 e. The van der Waals surface area contributed by atoms with Crippen molar-refractivity contribution in [1.29, 1.82) is 0 Å². The molecule has 0 saturated heterocycles. The maximum atomic E-state index is 11.9. The molecule has 0 aliphatic rings. The zero-order chi connectivity index (χ0) is 15.2. The molecule has 2 aromatic rings. The summed E-state index contributed by atoms with van der Waals surface area (Å²) < 4.78 is 0. The quantitative estimate of drug-likeness (QED) is 0.825. The van der Waals surface area contributed by atoms with Crippen LogP contribution in [0.2, 0.25) is 0 Å². The Hall–Kier alpha value is -2.14. The Balaban J connectivity index is 1.93. The molecule has 0 bridgehead atoms. The van der Waals surface area contributed by atoms with E-state index in [0.717, 1.165) is 6.42 Å². The average Bonchev–Trinajstić information content (AvgIpc) is 2.93. The number of nitrogens with one attached hydrogen (secondary N) is 2. The van der Waals surface area contributed by atoms with Crippen LogP contribution in [0.4, 0.5) is 10.5 Å². The second kappa shape index (κ2) is 7.04. The van der Waals surface area contributed by atoms with E-state index in [4.69, 9.17) is 0 Å². The Morgan fingerprint density at radius 3 is 2.76 bits per heavy atom. The zero-order valence-corrected chi connectivity index (χ0v) is 12.9. The first-order valence-corrected chi connectivity index (χ1v) is 7.69. The maximum Gasteiger partial charge on any atom is 0.319 e. The largest absolute Gasteiger partial charge is 0.333 e. The first-order chi connectivity index (χ1) is 10.1. The number of thiophene rings is 1. The number of anilines is 1. The summed E-state index contributed by atoms with van der Waals surface area (Å²) in [5.41, 5.74) is 2.46. The van der Waals surface area contributed by atoms with E-state index in [9.17, 15) is 9.59 Å². The number of carbonyl (C=O) groups excluding carboxylic acids is 2. The third-order valence-corrected chi connectivity index (χ3v) is 4.12. The molecule has 0 radical (unpaired) electrons. The van der Waals surface area contributed by atoms with Crippen molar-refractivity contribution in [3.05, 3.63) is 51.7 Å². The van der Waals surface area contributed by atoms with Gasteiger partial charge in [-0.1, -0.05) is 19.1 Å². The number of Topliss-reactive ketones (excluding diaryl/α,β-unsaturated/α-hetero) is 1. The van der Waals surface area contributed by atoms with Crippen LogP contribution in [-0.2, 0) is 13.0 Å². The Morgan fingerprint density at radius 2 is 2.05 bits per heavy atom. The predicted octanol–water partition coefficient (Wildman–Crippen LogP) is 3.83. The van der Waals surface area contributed by atoms with E-state index < -0.39 is 0 Å². The van der Waals surface area contributed by atoms with Crippen molar-refractivity contribution in [3.63, 3.8) is 0 Å². The highest BCUT2D eigenvalue weighted by atomic mass is 32.1. The summed E-state index contributed by atoms with van der Waals surface area (Å²) in [4.78, 5) is 24.4. The van der Waals surface area contributed by atoms with E-state index in [1.165, 1.54) is 17.4 Å². The van der Waals surface area contributed by atoms with Gasteiger partial charge in [0.1, 0.15) is 0 Å². The maximum absolute atomic E-state index is 11.9. The fourth-order valence-corrected chi connectivity index (χ4v) is 2.90. The van der Waals surface area contributed by atoms with Crippen LogP contribution in [0.5, 0.6) is 0 Å².